The maximum atomic E-state index is 12.2. The van der Waals surface area contributed by atoms with Gasteiger partial charge in [-0.15, -0.1) is 5.10 Å². The molecule has 2 rings (SSSR count). The van der Waals surface area contributed by atoms with E-state index in [1.807, 2.05) is 6.07 Å². The Bertz CT molecular complexity index is 411. The minimum absolute atomic E-state index is 0.311. The molecule has 1 aromatic heterocycles. The molecule has 0 spiro atoms. The zero-order valence-corrected chi connectivity index (χ0v) is 7.14. The molecule has 14 heavy (non-hydrogen) atoms. The topological polar surface area (TPSA) is 30.7 Å². The highest BCUT2D eigenvalue weighted by molar-refractivity contribution is 5.53. The van der Waals surface area contributed by atoms with Crippen molar-refractivity contribution in [3.63, 3.8) is 0 Å². The molecule has 1 heterocycles. The van der Waals surface area contributed by atoms with Crippen LogP contribution in [0.25, 0.3) is 11.4 Å². The molecule has 2 aromatic rings. The Morgan fingerprint density at radius 1 is 1.14 bits per heavy atom. The standard InChI is InChI=1S/C9H7F2N3/c10-9(11)14-6-12-8(13-14)7-4-2-1-3-5-7/h1-6,9H. The van der Waals surface area contributed by atoms with E-state index in [-0.39, 0.29) is 0 Å². The van der Waals surface area contributed by atoms with Crippen LogP contribution in [0.15, 0.2) is 36.7 Å². The summed E-state index contributed by atoms with van der Waals surface area (Å²) >= 11 is 0. The van der Waals surface area contributed by atoms with Gasteiger partial charge in [0.2, 0.25) is 0 Å². The van der Waals surface area contributed by atoms with Crippen LogP contribution in [0.4, 0.5) is 8.78 Å². The number of rotatable bonds is 2. The third-order valence-corrected chi connectivity index (χ3v) is 1.74. The molecule has 1 aromatic carbocycles. The summed E-state index contributed by atoms with van der Waals surface area (Å²) in [4.78, 5) is 3.78. The van der Waals surface area contributed by atoms with Gasteiger partial charge < -0.3 is 0 Å². The Kier molecular flexibility index (Phi) is 2.22. The fourth-order valence-corrected chi connectivity index (χ4v) is 1.09. The first-order valence-electron chi connectivity index (χ1n) is 4.02. The second-order valence-corrected chi connectivity index (χ2v) is 2.69. The number of hydrogen-bond donors (Lipinski definition) is 0. The van der Waals surface area contributed by atoms with Gasteiger partial charge in [0, 0.05) is 5.56 Å². The Labute approximate surface area is 79.0 Å². The second kappa shape index (κ2) is 3.53. The highest BCUT2D eigenvalue weighted by Crippen LogP contribution is 2.15. The van der Waals surface area contributed by atoms with E-state index >= 15 is 0 Å². The maximum Gasteiger partial charge on any atom is 0.334 e. The van der Waals surface area contributed by atoms with Crippen molar-refractivity contribution in [1.82, 2.24) is 14.8 Å². The number of alkyl halides is 2. The van der Waals surface area contributed by atoms with E-state index < -0.39 is 6.55 Å². The SMILES string of the molecule is FC(F)n1cnc(-c2ccccc2)n1. The summed E-state index contributed by atoms with van der Waals surface area (Å²) in [7, 11) is 0. The minimum Gasteiger partial charge on any atom is -0.215 e. The van der Waals surface area contributed by atoms with E-state index in [0.717, 1.165) is 11.9 Å². The molecule has 0 saturated carbocycles. The van der Waals surface area contributed by atoms with Crippen molar-refractivity contribution in [2.75, 3.05) is 0 Å². The summed E-state index contributed by atoms with van der Waals surface area (Å²) in [5, 5.41) is 3.64. The first-order chi connectivity index (χ1) is 6.77. The zero-order chi connectivity index (χ0) is 9.97. The molecule has 0 atom stereocenters. The van der Waals surface area contributed by atoms with Crippen LogP contribution in [0.1, 0.15) is 6.55 Å². The Hall–Kier alpha value is -1.78. The molecule has 0 aliphatic heterocycles. The highest BCUT2D eigenvalue weighted by Gasteiger charge is 2.09. The van der Waals surface area contributed by atoms with Crippen molar-refractivity contribution >= 4 is 0 Å². The van der Waals surface area contributed by atoms with Crippen LogP contribution >= 0.6 is 0 Å². The van der Waals surface area contributed by atoms with E-state index in [0.29, 0.717) is 10.5 Å². The molecule has 0 bridgehead atoms. The third kappa shape index (κ3) is 1.61. The molecule has 0 aliphatic rings. The Morgan fingerprint density at radius 2 is 1.86 bits per heavy atom. The fourth-order valence-electron chi connectivity index (χ4n) is 1.09. The normalized spacial score (nSPS) is 10.8. The van der Waals surface area contributed by atoms with Crippen LogP contribution in [0.5, 0.6) is 0 Å². The first-order valence-corrected chi connectivity index (χ1v) is 4.02. The molecule has 0 saturated heterocycles. The molecule has 0 amide bonds. The summed E-state index contributed by atoms with van der Waals surface area (Å²) in [6, 6.07) is 8.99. The lowest BCUT2D eigenvalue weighted by Gasteiger charge is -1.95. The highest BCUT2D eigenvalue weighted by atomic mass is 19.3. The van der Waals surface area contributed by atoms with Crippen LogP contribution in [0.3, 0.4) is 0 Å². The second-order valence-electron chi connectivity index (χ2n) is 2.69. The van der Waals surface area contributed by atoms with Crippen LogP contribution < -0.4 is 0 Å². The van der Waals surface area contributed by atoms with Crippen molar-refractivity contribution in [3.05, 3.63) is 36.7 Å². The molecule has 3 nitrogen and oxygen atoms in total. The van der Waals surface area contributed by atoms with Gasteiger partial charge >= 0.3 is 6.55 Å². The van der Waals surface area contributed by atoms with E-state index in [4.69, 9.17) is 0 Å². The number of benzene rings is 1. The summed E-state index contributed by atoms with van der Waals surface area (Å²) in [5.74, 6) is 0.311. The molecule has 0 radical (unpaired) electrons. The third-order valence-electron chi connectivity index (χ3n) is 1.74. The predicted molar refractivity (Wildman–Crippen MR) is 46.7 cm³/mol. The predicted octanol–water partition coefficient (Wildman–Crippen LogP) is 2.34. The van der Waals surface area contributed by atoms with Crippen molar-refractivity contribution in [1.29, 1.82) is 0 Å². The summed E-state index contributed by atoms with van der Waals surface area (Å²) in [6.07, 6.45) is 1.02. The minimum atomic E-state index is -2.64. The lowest BCUT2D eigenvalue weighted by atomic mass is 10.2. The van der Waals surface area contributed by atoms with Crippen LogP contribution in [-0.4, -0.2) is 14.8 Å². The van der Waals surface area contributed by atoms with Crippen molar-refractivity contribution < 1.29 is 8.78 Å². The van der Waals surface area contributed by atoms with Gasteiger partial charge in [0.25, 0.3) is 0 Å². The lowest BCUT2D eigenvalue weighted by molar-refractivity contribution is 0.0564. The van der Waals surface area contributed by atoms with E-state index in [9.17, 15) is 8.78 Å². The van der Waals surface area contributed by atoms with Crippen molar-refractivity contribution in [3.8, 4) is 11.4 Å². The first kappa shape index (κ1) is 8.80. The van der Waals surface area contributed by atoms with Crippen molar-refractivity contribution in [2.24, 2.45) is 0 Å². The smallest absolute Gasteiger partial charge is 0.215 e. The monoisotopic (exact) mass is 195 g/mol. The van der Waals surface area contributed by atoms with Crippen LogP contribution in [0, 0.1) is 0 Å². The molecular formula is C9H7F2N3. The van der Waals surface area contributed by atoms with Gasteiger partial charge in [-0.05, 0) is 0 Å². The van der Waals surface area contributed by atoms with Gasteiger partial charge in [0.05, 0.1) is 0 Å². The summed E-state index contributed by atoms with van der Waals surface area (Å²) in [5.41, 5.74) is 0.729. The molecule has 0 unspecified atom stereocenters. The number of halogens is 2. The van der Waals surface area contributed by atoms with Gasteiger partial charge in [0.15, 0.2) is 5.82 Å². The quantitative estimate of drug-likeness (QED) is 0.736. The van der Waals surface area contributed by atoms with Gasteiger partial charge in [-0.1, -0.05) is 30.3 Å². The van der Waals surface area contributed by atoms with Crippen LogP contribution in [-0.2, 0) is 0 Å². The van der Waals surface area contributed by atoms with Gasteiger partial charge in [-0.25, -0.2) is 4.98 Å². The number of nitrogens with zero attached hydrogens (tertiary/aromatic N) is 3. The maximum absolute atomic E-state index is 12.2. The molecule has 0 N–H and O–H groups in total. The van der Waals surface area contributed by atoms with E-state index in [2.05, 4.69) is 10.1 Å². The van der Waals surface area contributed by atoms with Gasteiger partial charge in [-0.3, -0.25) is 0 Å². The molecule has 0 fully saturated rings. The lowest BCUT2D eigenvalue weighted by Crippen LogP contribution is -1.97. The molecular weight excluding hydrogens is 188 g/mol. The Balaban J connectivity index is 2.34. The molecule has 0 aliphatic carbocycles. The Morgan fingerprint density at radius 3 is 2.43 bits per heavy atom. The van der Waals surface area contributed by atoms with Gasteiger partial charge in [-0.2, -0.15) is 13.5 Å². The number of hydrogen-bond acceptors (Lipinski definition) is 2. The van der Waals surface area contributed by atoms with Crippen molar-refractivity contribution in [2.45, 2.75) is 6.55 Å². The molecule has 5 heteroatoms. The average Bonchev–Trinajstić information content (AvgIpc) is 2.68. The fraction of sp³-hybridized carbons (Fsp3) is 0.111. The summed E-state index contributed by atoms with van der Waals surface area (Å²) < 4.78 is 24.8. The summed E-state index contributed by atoms with van der Waals surface area (Å²) in [6.45, 7) is -2.64. The largest absolute Gasteiger partial charge is 0.334 e. The van der Waals surface area contributed by atoms with E-state index in [1.165, 1.54) is 0 Å². The average molecular weight is 195 g/mol. The molecule has 72 valence electrons. The van der Waals surface area contributed by atoms with Crippen LogP contribution in [0.2, 0.25) is 0 Å². The zero-order valence-electron chi connectivity index (χ0n) is 7.14. The van der Waals surface area contributed by atoms with E-state index in [1.54, 1.807) is 24.3 Å². The number of aromatic nitrogens is 3. The van der Waals surface area contributed by atoms with Gasteiger partial charge in [0.1, 0.15) is 6.33 Å².